The maximum Gasteiger partial charge on any atom is 0.0582 e. The molecule has 2 heterocycles. The molecule has 0 amide bonds. The molecule has 0 unspecified atom stereocenters. The van der Waals surface area contributed by atoms with E-state index < -0.39 is 0 Å². The summed E-state index contributed by atoms with van der Waals surface area (Å²) in [6.45, 7) is 4.67. The van der Waals surface area contributed by atoms with Crippen LogP contribution in [-0.4, -0.2) is 11.6 Å². The molecule has 1 aliphatic rings. The van der Waals surface area contributed by atoms with Gasteiger partial charge in [0.05, 0.1) is 16.7 Å². The SMILES string of the molecule is CNc1ccc2c(c1)c1cccc3c1n2-c1ccccc1C3(C)C. The molecule has 1 N–H and O–H groups in total. The molecular weight excluding hydrogens is 292 g/mol. The summed E-state index contributed by atoms with van der Waals surface area (Å²) in [5, 5.41) is 5.91. The Bertz CT molecular complexity index is 1120. The minimum absolute atomic E-state index is 0.00627. The standard InChI is InChI=1S/C22H20N2/c1-22(2)17-8-4-5-10-20(17)24-19-12-11-14(23-3)13-16(19)15-7-6-9-18(22)21(15)24/h4-13,23H,1-3H3. The largest absolute Gasteiger partial charge is 0.388 e. The van der Waals surface area contributed by atoms with Crippen molar-refractivity contribution in [3.63, 3.8) is 0 Å². The van der Waals surface area contributed by atoms with Crippen molar-refractivity contribution in [1.29, 1.82) is 0 Å². The molecule has 0 bridgehead atoms. The molecule has 0 saturated heterocycles. The first-order chi connectivity index (χ1) is 11.6. The van der Waals surface area contributed by atoms with Gasteiger partial charge in [-0.3, -0.25) is 0 Å². The molecule has 0 atom stereocenters. The quantitative estimate of drug-likeness (QED) is 0.493. The monoisotopic (exact) mass is 312 g/mol. The number of fused-ring (bicyclic) bond motifs is 5. The van der Waals surface area contributed by atoms with Crippen LogP contribution in [0.2, 0.25) is 0 Å². The lowest BCUT2D eigenvalue weighted by Crippen LogP contribution is -2.26. The Morgan fingerprint density at radius 3 is 2.46 bits per heavy atom. The Morgan fingerprint density at radius 1 is 0.833 bits per heavy atom. The zero-order chi connectivity index (χ0) is 16.5. The lowest BCUT2D eigenvalue weighted by atomic mass is 9.75. The van der Waals surface area contributed by atoms with E-state index in [1.807, 2.05) is 7.05 Å². The van der Waals surface area contributed by atoms with Crippen molar-refractivity contribution >= 4 is 27.5 Å². The fourth-order valence-electron chi connectivity index (χ4n) is 4.32. The van der Waals surface area contributed by atoms with Gasteiger partial charge in [0.25, 0.3) is 0 Å². The van der Waals surface area contributed by atoms with Crippen molar-refractivity contribution in [2.24, 2.45) is 0 Å². The predicted molar refractivity (Wildman–Crippen MR) is 102 cm³/mol. The minimum atomic E-state index is 0.00627. The molecule has 0 radical (unpaired) electrons. The maximum absolute atomic E-state index is 3.27. The summed E-state index contributed by atoms with van der Waals surface area (Å²) >= 11 is 0. The molecule has 24 heavy (non-hydrogen) atoms. The van der Waals surface area contributed by atoms with Crippen LogP contribution in [0.25, 0.3) is 27.5 Å². The van der Waals surface area contributed by atoms with Crippen molar-refractivity contribution < 1.29 is 0 Å². The van der Waals surface area contributed by atoms with E-state index in [1.165, 1.54) is 38.6 Å². The first kappa shape index (κ1) is 13.7. The smallest absolute Gasteiger partial charge is 0.0582 e. The van der Waals surface area contributed by atoms with E-state index >= 15 is 0 Å². The van der Waals surface area contributed by atoms with Crippen LogP contribution in [0.3, 0.4) is 0 Å². The summed E-state index contributed by atoms with van der Waals surface area (Å²) in [4.78, 5) is 0. The van der Waals surface area contributed by atoms with Gasteiger partial charge in [-0.15, -0.1) is 0 Å². The van der Waals surface area contributed by atoms with Gasteiger partial charge in [0.2, 0.25) is 0 Å². The van der Waals surface area contributed by atoms with Crippen molar-refractivity contribution in [2.75, 3.05) is 12.4 Å². The summed E-state index contributed by atoms with van der Waals surface area (Å²) < 4.78 is 2.44. The van der Waals surface area contributed by atoms with Crippen molar-refractivity contribution in [3.8, 4) is 5.69 Å². The molecule has 5 rings (SSSR count). The number of hydrogen-bond acceptors (Lipinski definition) is 1. The van der Waals surface area contributed by atoms with Crippen LogP contribution in [0, 0.1) is 0 Å². The predicted octanol–water partition coefficient (Wildman–Crippen LogP) is 5.46. The average molecular weight is 312 g/mol. The van der Waals surface area contributed by atoms with E-state index in [-0.39, 0.29) is 5.41 Å². The molecule has 1 aromatic heterocycles. The molecule has 0 aliphatic carbocycles. The van der Waals surface area contributed by atoms with Gasteiger partial charge in [0.15, 0.2) is 0 Å². The second-order valence-corrected chi connectivity index (χ2v) is 7.16. The molecule has 1 aliphatic heterocycles. The molecule has 2 heteroatoms. The number of para-hydroxylation sites is 2. The number of hydrogen-bond donors (Lipinski definition) is 1. The second kappa shape index (κ2) is 4.41. The van der Waals surface area contributed by atoms with Gasteiger partial charge in [-0.25, -0.2) is 0 Å². The average Bonchev–Trinajstić information content (AvgIpc) is 2.94. The molecule has 3 aromatic carbocycles. The van der Waals surface area contributed by atoms with E-state index in [2.05, 4.69) is 84.4 Å². The summed E-state index contributed by atoms with van der Waals surface area (Å²) in [5.74, 6) is 0. The Labute approximate surface area is 141 Å². The van der Waals surface area contributed by atoms with Crippen LogP contribution in [0.15, 0.2) is 60.7 Å². The summed E-state index contributed by atoms with van der Waals surface area (Å²) in [6, 6.07) is 22.2. The summed E-state index contributed by atoms with van der Waals surface area (Å²) in [7, 11) is 1.97. The Morgan fingerprint density at radius 2 is 1.62 bits per heavy atom. The highest BCUT2D eigenvalue weighted by Crippen LogP contribution is 2.47. The number of anilines is 1. The van der Waals surface area contributed by atoms with Crippen LogP contribution in [0.4, 0.5) is 5.69 Å². The third kappa shape index (κ3) is 1.51. The maximum atomic E-state index is 3.27. The number of benzene rings is 3. The van der Waals surface area contributed by atoms with E-state index in [0.29, 0.717) is 0 Å². The molecular formula is C22H20N2. The zero-order valence-corrected chi connectivity index (χ0v) is 14.2. The molecule has 0 spiro atoms. The van der Waals surface area contributed by atoms with Gasteiger partial charge in [0, 0.05) is 28.9 Å². The number of aromatic nitrogens is 1. The van der Waals surface area contributed by atoms with Crippen LogP contribution in [0.1, 0.15) is 25.0 Å². The highest BCUT2D eigenvalue weighted by molar-refractivity contribution is 6.12. The molecule has 2 nitrogen and oxygen atoms in total. The molecule has 0 fully saturated rings. The van der Waals surface area contributed by atoms with Crippen LogP contribution >= 0.6 is 0 Å². The van der Waals surface area contributed by atoms with Crippen molar-refractivity contribution in [2.45, 2.75) is 19.3 Å². The first-order valence-electron chi connectivity index (χ1n) is 8.48. The summed E-state index contributed by atoms with van der Waals surface area (Å²) in [6.07, 6.45) is 0. The molecule has 4 aromatic rings. The first-order valence-corrected chi connectivity index (χ1v) is 8.48. The second-order valence-electron chi connectivity index (χ2n) is 7.16. The minimum Gasteiger partial charge on any atom is -0.388 e. The third-order valence-corrected chi connectivity index (χ3v) is 5.57. The van der Waals surface area contributed by atoms with E-state index in [4.69, 9.17) is 0 Å². The fourth-order valence-corrected chi connectivity index (χ4v) is 4.32. The van der Waals surface area contributed by atoms with E-state index in [1.54, 1.807) is 0 Å². The number of rotatable bonds is 1. The lowest BCUT2D eigenvalue weighted by Gasteiger charge is -2.34. The van der Waals surface area contributed by atoms with Gasteiger partial charge in [-0.2, -0.15) is 0 Å². The van der Waals surface area contributed by atoms with Gasteiger partial charge in [-0.1, -0.05) is 50.2 Å². The fraction of sp³-hybridized carbons (Fsp3) is 0.182. The van der Waals surface area contributed by atoms with Crippen LogP contribution in [0.5, 0.6) is 0 Å². The van der Waals surface area contributed by atoms with E-state index in [0.717, 1.165) is 5.69 Å². The van der Waals surface area contributed by atoms with Gasteiger partial charge >= 0.3 is 0 Å². The Balaban J connectivity index is 2.08. The van der Waals surface area contributed by atoms with Crippen LogP contribution < -0.4 is 5.32 Å². The molecule has 118 valence electrons. The topological polar surface area (TPSA) is 17.0 Å². The normalized spacial score (nSPS) is 14.8. The number of nitrogens with zero attached hydrogens (tertiary/aromatic N) is 1. The third-order valence-electron chi connectivity index (χ3n) is 5.57. The van der Waals surface area contributed by atoms with Gasteiger partial charge in [0.1, 0.15) is 0 Å². The Hall–Kier alpha value is -2.74. The van der Waals surface area contributed by atoms with Crippen molar-refractivity contribution in [1.82, 2.24) is 4.57 Å². The Kier molecular flexibility index (Phi) is 2.52. The molecule has 0 saturated carbocycles. The van der Waals surface area contributed by atoms with Crippen LogP contribution in [-0.2, 0) is 5.41 Å². The summed E-state index contributed by atoms with van der Waals surface area (Å²) in [5.41, 5.74) is 7.88. The number of nitrogens with one attached hydrogen (secondary N) is 1. The van der Waals surface area contributed by atoms with Gasteiger partial charge in [-0.05, 0) is 35.4 Å². The van der Waals surface area contributed by atoms with Crippen molar-refractivity contribution in [3.05, 3.63) is 71.8 Å². The van der Waals surface area contributed by atoms with E-state index in [9.17, 15) is 0 Å². The zero-order valence-electron chi connectivity index (χ0n) is 14.2. The highest BCUT2D eigenvalue weighted by atomic mass is 15.0. The van der Waals surface area contributed by atoms with Gasteiger partial charge < -0.3 is 9.88 Å². The highest BCUT2D eigenvalue weighted by Gasteiger charge is 2.34. The lowest BCUT2D eigenvalue weighted by molar-refractivity contribution is 0.630.